The molecule has 3 aliphatic carbocycles. The molecule has 0 aromatic heterocycles. The van der Waals surface area contributed by atoms with E-state index in [1.807, 2.05) is 11.9 Å². The summed E-state index contributed by atoms with van der Waals surface area (Å²) < 4.78 is 0. The summed E-state index contributed by atoms with van der Waals surface area (Å²) in [6.45, 7) is 0. The third-order valence-electron chi connectivity index (χ3n) is 7.30. The minimum atomic E-state index is 0.0281. The SMILES string of the molecule is CN(C(=O)C1CC2CCCC(C1)C2N)C1c2ccccc2-c2ccccc21. The van der Waals surface area contributed by atoms with Crippen LogP contribution in [-0.4, -0.2) is 23.9 Å². The smallest absolute Gasteiger partial charge is 0.226 e. The van der Waals surface area contributed by atoms with Gasteiger partial charge in [0.1, 0.15) is 0 Å². The maximum Gasteiger partial charge on any atom is 0.226 e. The maximum atomic E-state index is 13.5. The van der Waals surface area contributed by atoms with E-state index in [2.05, 4.69) is 48.5 Å². The van der Waals surface area contributed by atoms with Gasteiger partial charge in [0.25, 0.3) is 0 Å². The quantitative estimate of drug-likeness (QED) is 0.864. The van der Waals surface area contributed by atoms with Gasteiger partial charge < -0.3 is 10.6 Å². The number of nitrogens with two attached hydrogens (primary N) is 1. The zero-order valence-corrected chi connectivity index (χ0v) is 16.0. The highest BCUT2D eigenvalue weighted by molar-refractivity contribution is 5.84. The Hall–Kier alpha value is -2.13. The van der Waals surface area contributed by atoms with Crippen molar-refractivity contribution >= 4 is 5.91 Å². The second-order valence-corrected chi connectivity index (χ2v) is 8.72. The molecular formula is C24H28N2O. The van der Waals surface area contributed by atoms with Crippen LogP contribution in [-0.2, 0) is 4.79 Å². The summed E-state index contributed by atoms with van der Waals surface area (Å²) in [6, 6.07) is 17.4. The van der Waals surface area contributed by atoms with E-state index in [1.54, 1.807) is 0 Å². The Balaban J connectivity index is 1.46. The standard InChI is InChI=1S/C24H28N2O/c1-26(24(27)17-13-15-7-6-8-16(14-17)22(15)25)23-20-11-4-2-9-18(20)19-10-3-5-12-21(19)23/h2-5,9-12,15-17,22-23H,6-8,13-14,25H2,1H3. The van der Waals surface area contributed by atoms with Crippen molar-refractivity contribution in [2.24, 2.45) is 23.5 Å². The van der Waals surface area contributed by atoms with Crippen LogP contribution in [0.25, 0.3) is 11.1 Å². The Morgan fingerprint density at radius 1 is 0.926 bits per heavy atom. The van der Waals surface area contributed by atoms with Crippen LogP contribution < -0.4 is 5.73 Å². The number of carbonyl (C=O) groups excluding carboxylic acids is 1. The number of amides is 1. The molecule has 1 amide bonds. The van der Waals surface area contributed by atoms with E-state index in [1.165, 1.54) is 41.5 Å². The molecule has 0 saturated heterocycles. The molecule has 2 saturated carbocycles. The molecule has 3 nitrogen and oxygen atoms in total. The predicted octanol–water partition coefficient (Wildman–Crippen LogP) is 4.37. The van der Waals surface area contributed by atoms with E-state index in [-0.39, 0.29) is 12.0 Å². The van der Waals surface area contributed by atoms with Crippen molar-refractivity contribution in [1.29, 1.82) is 0 Å². The number of rotatable bonds is 2. The fourth-order valence-electron chi connectivity index (χ4n) is 5.95. The average Bonchev–Trinajstić information content (AvgIpc) is 3.01. The summed E-state index contributed by atoms with van der Waals surface area (Å²) in [6.07, 6.45) is 5.61. The fraction of sp³-hybridized carbons (Fsp3) is 0.458. The van der Waals surface area contributed by atoms with Crippen LogP contribution in [0.5, 0.6) is 0 Å². The number of hydrogen-bond acceptors (Lipinski definition) is 2. The third-order valence-corrected chi connectivity index (χ3v) is 7.30. The number of benzene rings is 2. The van der Waals surface area contributed by atoms with Crippen LogP contribution in [0.4, 0.5) is 0 Å². The molecule has 2 fully saturated rings. The van der Waals surface area contributed by atoms with Gasteiger partial charge in [0.2, 0.25) is 5.91 Å². The van der Waals surface area contributed by atoms with Crippen LogP contribution >= 0.6 is 0 Å². The Labute approximate surface area is 161 Å². The van der Waals surface area contributed by atoms with Crippen LogP contribution in [0.2, 0.25) is 0 Å². The molecular weight excluding hydrogens is 332 g/mol. The molecule has 5 rings (SSSR count). The second-order valence-electron chi connectivity index (χ2n) is 8.72. The van der Waals surface area contributed by atoms with Crippen molar-refractivity contribution < 1.29 is 4.79 Å². The zero-order valence-electron chi connectivity index (χ0n) is 16.0. The summed E-state index contributed by atoms with van der Waals surface area (Å²) in [7, 11) is 2.00. The Morgan fingerprint density at radius 3 is 2.00 bits per heavy atom. The van der Waals surface area contributed by atoms with Gasteiger partial charge in [-0.05, 0) is 59.8 Å². The van der Waals surface area contributed by atoms with Gasteiger partial charge in [0.15, 0.2) is 0 Å². The van der Waals surface area contributed by atoms with Crippen LogP contribution in [0, 0.1) is 17.8 Å². The van der Waals surface area contributed by atoms with Gasteiger partial charge in [0.05, 0.1) is 6.04 Å². The lowest BCUT2D eigenvalue weighted by molar-refractivity contribution is -0.138. The van der Waals surface area contributed by atoms with Crippen molar-refractivity contribution in [2.45, 2.75) is 44.2 Å². The van der Waals surface area contributed by atoms with Gasteiger partial charge in [-0.15, -0.1) is 0 Å². The maximum absolute atomic E-state index is 13.5. The first-order valence-corrected chi connectivity index (χ1v) is 10.4. The van der Waals surface area contributed by atoms with Gasteiger partial charge >= 0.3 is 0 Å². The van der Waals surface area contributed by atoms with E-state index in [0.29, 0.717) is 23.8 Å². The molecule has 140 valence electrons. The summed E-state index contributed by atoms with van der Waals surface area (Å²) in [5, 5.41) is 0. The summed E-state index contributed by atoms with van der Waals surface area (Å²) >= 11 is 0. The van der Waals surface area contributed by atoms with Gasteiger partial charge in [0, 0.05) is 19.0 Å². The first-order valence-electron chi connectivity index (χ1n) is 10.4. The van der Waals surface area contributed by atoms with Crippen molar-refractivity contribution in [2.75, 3.05) is 7.05 Å². The molecule has 3 aliphatic rings. The van der Waals surface area contributed by atoms with Crippen LogP contribution in [0.15, 0.2) is 48.5 Å². The van der Waals surface area contributed by atoms with Gasteiger partial charge in [-0.25, -0.2) is 0 Å². The topological polar surface area (TPSA) is 46.3 Å². The second kappa shape index (κ2) is 6.49. The Morgan fingerprint density at radius 2 is 1.44 bits per heavy atom. The van der Waals surface area contributed by atoms with Crippen LogP contribution in [0.3, 0.4) is 0 Å². The minimum absolute atomic E-state index is 0.0281. The highest BCUT2D eigenvalue weighted by atomic mass is 16.2. The average molecular weight is 361 g/mol. The monoisotopic (exact) mass is 360 g/mol. The fourth-order valence-corrected chi connectivity index (χ4v) is 5.95. The van der Waals surface area contributed by atoms with Crippen molar-refractivity contribution in [1.82, 2.24) is 4.90 Å². The third kappa shape index (κ3) is 2.63. The van der Waals surface area contributed by atoms with E-state index < -0.39 is 0 Å². The lowest BCUT2D eigenvalue weighted by Crippen LogP contribution is -2.49. The molecule has 27 heavy (non-hydrogen) atoms. The molecule has 0 radical (unpaired) electrons. The van der Waals surface area contributed by atoms with Crippen LogP contribution in [0.1, 0.15) is 49.3 Å². The Bertz CT molecular complexity index is 817. The predicted molar refractivity (Wildman–Crippen MR) is 108 cm³/mol. The highest BCUT2D eigenvalue weighted by Gasteiger charge is 2.43. The van der Waals surface area contributed by atoms with E-state index in [0.717, 1.165) is 12.8 Å². The molecule has 0 heterocycles. The van der Waals surface area contributed by atoms with Gasteiger partial charge in [-0.1, -0.05) is 55.0 Å². The number of nitrogens with zero attached hydrogens (tertiary/aromatic N) is 1. The lowest BCUT2D eigenvalue weighted by Gasteiger charge is -2.44. The highest BCUT2D eigenvalue weighted by Crippen LogP contribution is 2.47. The van der Waals surface area contributed by atoms with Crippen molar-refractivity contribution in [3.05, 3.63) is 59.7 Å². The molecule has 0 aliphatic heterocycles. The largest absolute Gasteiger partial charge is 0.334 e. The number of carbonyl (C=O) groups is 1. The van der Waals surface area contributed by atoms with E-state index in [9.17, 15) is 4.79 Å². The summed E-state index contributed by atoms with van der Waals surface area (Å²) in [4.78, 5) is 15.5. The molecule has 2 aromatic rings. The Kier molecular flexibility index (Phi) is 4.08. The van der Waals surface area contributed by atoms with Crippen molar-refractivity contribution in [3.8, 4) is 11.1 Å². The molecule has 2 aromatic carbocycles. The normalized spacial score (nSPS) is 29.1. The van der Waals surface area contributed by atoms with Gasteiger partial charge in [-0.2, -0.15) is 0 Å². The van der Waals surface area contributed by atoms with Gasteiger partial charge in [-0.3, -0.25) is 4.79 Å². The lowest BCUT2D eigenvalue weighted by atomic mass is 9.65. The molecule has 2 N–H and O–H groups in total. The van der Waals surface area contributed by atoms with Crippen molar-refractivity contribution in [3.63, 3.8) is 0 Å². The number of fused-ring (bicyclic) bond motifs is 5. The van der Waals surface area contributed by atoms with E-state index in [4.69, 9.17) is 5.73 Å². The molecule has 2 atom stereocenters. The first-order chi connectivity index (χ1) is 13.1. The molecule has 2 bridgehead atoms. The molecule has 0 spiro atoms. The number of hydrogen-bond donors (Lipinski definition) is 1. The molecule has 3 heteroatoms. The summed E-state index contributed by atoms with van der Waals surface area (Å²) in [5.74, 6) is 1.49. The summed E-state index contributed by atoms with van der Waals surface area (Å²) in [5.41, 5.74) is 11.5. The minimum Gasteiger partial charge on any atom is -0.334 e. The molecule has 2 unspecified atom stereocenters. The zero-order chi connectivity index (χ0) is 18.5. The first kappa shape index (κ1) is 17.0. The van der Waals surface area contributed by atoms with E-state index >= 15 is 0 Å².